The lowest BCUT2D eigenvalue weighted by molar-refractivity contribution is 0.661. The maximum atomic E-state index is 10.8. The molecule has 0 bridgehead atoms. The van der Waals surface area contributed by atoms with Gasteiger partial charge < -0.3 is 8.98 Å². The van der Waals surface area contributed by atoms with Crippen molar-refractivity contribution in [3.8, 4) is 56.8 Å². The second kappa shape index (κ2) is 11.6. The molecule has 11 rings (SSSR count). The molecule has 0 saturated carbocycles. The smallest absolute Gasteiger partial charge is 0.160 e. The van der Waals surface area contributed by atoms with Crippen molar-refractivity contribution in [1.29, 1.82) is 5.26 Å². The number of rotatable bonds is 4. The molecule has 0 saturated heterocycles. The average Bonchev–Trinajstić information content (AvgIpc) is 3.85. The Hall–Kier alpha value is -7.29. The second-order valence-corrected chi connectivity index (χ2v) is 14.9. The number of furan rings is 1. The Balaban J connectivity index is 1.18. The van der Waals surface area contributed by atoms with Crippen LogP contribution in [0, 0.1) is 11.3 Å². The maximum absolute atomic E-state index is 10.8. The van der Waals surface area contributed by atoms with Gasteiger partial charge >= 0.3 is 0 Å². The van der Waals surface area contributed by atoms with Crippen LogP contribution in [0.4, 0.5) is 0 Å². The van der Waals surface area contributed by atoms with Crippen LogP contribution in [0.3, 0.4) is 0 Å². The molecule has 10 aromatic rings. The Bertz CT molecular complexity index is 3240. The molecule has 0 spiro atoms. The van der Waals surface area contributed by atoms with Gasteiger partial charge in [-0.3, -0.25) is 0 Å². The van der Waals surface area contributed by atoms with E-state index in [1.165, 1.54) is 33.0 Å². The molecule has 7 aromatic carbocycles. The predicted molar refractivity (Wildman–Crippen MR) is 222 cm³/mol. The van der Waals surface area contributed by atoms with Gasteiger partial charge in [0.1, 0.15) is 22.8 Å². The van der Waals surface area contributed by atoms with E-state index in [-0.39, 0.29) is 5.41 Å². The molecule has 3 aromatic heterocycles. The molecule has 0 radical (unpaired) electrons. The molecule has 5 heteroatoms. The van der Waals surface area contributed by atoms with Gasteiger partial charge in [0.2, 0.25) is 0 Å². The Morgan fingerprint density at radius 1 is 0.545 bits per heavy atom. The van der Waals surface area contributed by atoms with Crippen molar-refractivity contribution in [3.05, 3.63) is 174 Å². The highest BCUT2D eigenvalue weighted by Gasteiger charge is 2.36. The van der Waals surface area contributed by atoms with Crippen LogP contribution >= 0.6 is 0 Å². The fourth-order valence-corrected chi connectivity index (χ4v) is 8.88. The lowest BCUT2D eigenvalue weighted by Crippen LogP contribution is -2.14. The average molecular weight is 705 g/mol. The number of aromatic nitrogens is 3. The van der Waals surface area contributed by atoms with Gasteiger partial charge in [-0.2, -0.15) is 5.26 Å². The van der Waals surface area contributed by atoms with Crippen LogP contribution in [0.5, 0.6) is 0 Å². The van der Waals surface area contributed by atoms with Crippen molar-refractivity contribution in [3.63, 3.8) is 0 Å². The summed E-state index contributed by atoms with van der Waals surface area (Å²) in [5.41, 5.74) is 14.2. The van der Waals surface area contributed by atoms with Gasteiger partial charge in [0.25, 0.3) is 0 Å². The van der Waals surface area contributed by atoms with E-state index in [2.05, 4.69) is 103 Å². The van der Waals surface area contributed by atoms with E-state index in [0.29, 0.717) is 22.8 Å². The van der Waals surface area contributed by atoms with Crippen molar-refractivity contribution >= 4 is 43.7 Å². The summed E-state index contributed by atoms with van der Waals surface area (Å²) in [5.74, 6) is 0.557. The zero-order chi connectivity index (χ0) is 36.8. The predicted octanol–water partition coefficient (Wildman–Crippen LogP) is 12.7. The van der Waals surface area contributed by atoms with Gasteiger partial charge in [0.05, 0.1) is 22.4 Å². The minimum absolute atomic E-state index is 0.131. The first-order valence-electron chi connectivity index (χ1n) is 18.6. The molecular weight excluding hydrogens is 673 g/mol. The Morgan fingerprint density at radius 3 is 2.07 bits per heavy atom. The minimum atomic E-state index is -0.131. The first kappa shape index (κ1) is 31.3. The van der Waals surface area contributed by atoms with Crippen LogP contribution in [0.15, 0.2) is 162 Å². The van der Waals surface area contributed by atoms with Crippen LogP contribution in [-0.4, -0.2) is 14.5 Å². The molecule has 0 fully saturated rings. The first-order chi connectivity index (χ1) is 27.0. The van der Waals surface area contributed by atoms with Gasteiger partial charge in [0, 0.05) is 49.3 Å². The van der Waals surface area contributed by atoms with E-state index in [1.807, 2.05) is 78.9 Å². The quantitative estimate of drug-likeness (QED) is 0.183. The zero-order valence-electron chi connectivity index (χ0n) is 30.2. The summed E-state index contributed by atoms with van der Waals surface area (Å²) in [6.07, 6.45) is 0. The third-order valence-electron chi connectivity index (χ3n) is 11.5. The number of nitriles is 1. The van der Waals surface area contributed by atoms with Crippen molar-refractivity contribution in [2.45, 2.75) is 19.3 Å². The van der Waals surface area contributed by atoms with Gasteiger partial charge in [-0.25, -0.2) is 9.97 Å². The molecule has 55 heavy (non-hydrogen) atoms. The first-order valence-corrected chi connectivity index (χ1v) is 18.6. The van der Waals surface area contributed by atoms with Crippen molar-refractivity contribution in [2.24, 2.45) is 0 Å². The molecular formula is C50H32N4O. The third kappa shape index (κ3) is 4.52. The molecule has 0 N–H and O–H groups in total. The fraction of sp³-hybridized carbons (Fsp3) is 0.0600. The topological polar surface area (TPSA) is 67.6 Å². The minimum Gasteiger partial charge on any atom is -0.456 e. The summed E-state index contributed by atoms with van der Waals surface area (Å²) in [6.45, 7) is 4.66. The number of fused-ring (bicyclic) bond motifs is 9. The Labute approximate surface area is 317 Å². The zero-order valence-corrected chi connectivity index (χ0v) is 30.2. The van der Waals surface area contributed by atoms with Crippen LogP contribution in [-0.2, 0) is 5.41 Å². The van der Waals surface area contributed by atoms with Crippen LogP contribution < -0.4 is 0 Å². The van der Waals surface area contributed by atoms with Gasteiger partial charge in [-0.1, -0.05) is 129 Å². The molecule has 258 valence electrons. The molecule has 1 aliphatic carbocycles. The lowest BCUT2D eigenvalue weighted by Gasteiger charge is -2.21. The number of nitrogens with zero attached hydrogens (tertiary/aromatic N) is 4. The number of hydrogen-bond acceptors (Lipinski definition) is 4. The molecule has 0 aliphatic heterocycles. The number of hydrogen-bond donors (Lipinski definition) is 0. The van der Waals surface area contributed by atoms with Crippen molar-refractivity contribution < 1.29 is 4.42 Å². The van der Waals surface area contributed by atoms with Crippen molar-refractivity contribution in [2.75, 3.05) is 0 Å². The highest BCUT2D eigenvalue weighted by Crippen LogP contribution is 2.51. The Kier molecular flexibility index (Phi) is 6.59. The Morgan fingerprint density at radius 2 is 1.25 bits per heavy atom. The van der Waals surface area contributed by atoms with E-state index in [9.17, 15) is 5.26 Å². The summed E-state index contributed by atoms with van der Waals surface area (Å²) >= 11 is 0. The summed E-state index contributed by atoms with van der Waals surface area (Å²) < 4.78 is 8.94. The maximum Gasteiger partial charge on any atom is 0.160 e. The van der Waals surface area contributed by atoms with Gasteiger partial charge in [0.15, 0.2) is 5.82 Å². The van der Waals surface area contributed by atoms with Crippen LogP contribution in [0.25, 0.3) is 94.5 Å². The van der Waals surface area contributed by atoms with E-state index >= 15 is 0 Å². The SMILES string of the molecule is CC1(C)c2ccccc2-c2cc3c4ccccc4n(-c4ccc5oc6cccc(-c7nc(-c8ccccc8)nc(-c8ccccc8)c7C#N)c6c5c4)c3cc21. The lowest BCUT2D eigenvalue weighted by atomic mass is 9.82. The highest BCUT2D eigenvalue weighted by molar-refractivity contribution is 6.15. The molecule has 0 unspecified atom stereocenters. The van der Waals surface area contributed by atoms with Gasteiger partial charge in [-0.05, 0) is 64.7 Å². The standard InChI is InChI=1S/C50H32N4O/c1-50(2)40-21-11-9-18-33(40)36-27-37-34-19-10-12-22-42(34)54(43(37)28-41(36)50)32-24-25-44-38(26-32)46-35(20-13-23-45(46)55-44)48-39(29-51)47(30-14-5-3-6-15-30)52-49(53-48)31-16-7-4-8-17-31/h3-28H,1-2H3. The van der Waals surface area contributed by atoms with E-state index in [0.717, 1.165) is 55.3 Å². The highest BCUT2D eigenvalue weighted by atomic mass is 16.3. The molecule has 5 nitrogen and oxygen atoms in total. The van der Waals surface area contributed by atoms with Gasteiger partial charge in [-0.15, -0.1) is 0 Å². The molecule has 0 amide bonds. The third-order valence-corrected chi connectivity index (χ3v) is 11.5. The van der Waals surface area contributed by atoms with E-state index in [4.69, 9.17) is 14.4 Å². The number of benzene rings is 7. The van der Waals surface area contributed by atoms with E-state index in [1.54, 1.807) is 0 Å². The summed E-state index contributed by atoms with van der Waals surface area (Å²) in [6, 6.07) is 57.0. The number of para-hydroxylation sites is 1. The van der Waals surface area contributed by atoms with E-state index < -0.39 is 0 Å². The normalized spacial score (nSPS) is 13.0. The summed E-state index contributed by atoms with van der Waals surface area (Å²) in [4.78, 5) is 10.1. The monoisotopic (exact) mass is 704 g/mol. The molecule has 0 atom stereocenters. The summed E-state index contributed by atoms with van der Waals surface area (Å²) in [5, 5.41) is 15.1. The second-order valence-electron chi connectivity index (χ2n) is 14.9. The van der Waals surface area contributed by atoms with Crippen molar-refractivity contribution in [1.82, 2.24) is 14.5 Å². The fourth-order valence-electron chi connectivity index (χ4n) is 8.88. The molecule has 1 aliphatic rings. The molecule has 3 heterocycles. The van der Waals surface area contributed by atoms with Crippen LogP contribution in [0.1, 0.15) is 30.5 Å². The summed E-state index contributed by atoms with van der Waals surface area (Å²) in [7, 11) is 0. The largest absolute Gasteiger partial charge is 0.456 e. The van der Waals surface area contributed by atoms with Crippen LogP contribution in [0.2, 0.25) is 0 Å².